The number of H-pyrrole nitrogens is 1. The van der Waals surface area contributed by atoms with E-state index in [1.165, 1.54) is 18.2 Å². The number of amides is 1. The Bertz CT molecular complexity index is 1620. The number of carboxylic acids is 1. The van der Waals surface area contributed by atoms with Crippen LogP contribution < -0.4 is 10.3 Å². The summed E-state index contributed by atoms with van der Waals surface area (Å²) in [5.41, 5.74) is -1.34. The topological polar surface area (TPSA) is 138 Å². The van der Waals surface area contributed by atoms with Crippen molar-refractivity contribution in [1.29, 1.82) is 0 Å². The van der Waals surface area contributed by atoms with Crippen molar-refractivity contribution in [3.63, 3.8) is 0 Å². The number of nitrogens with zero attached hydrogens (tertiary/aromatic N) is 1. The maximum atomic E-state index is 13.6. The number of aromatic hydroxyl groups is 1. The van der Waals surface area contributed by atoms with E-state index in [2.05, 4.69) is 9.72 Å². The third-order valence-corrected chi connectivity index (χ3v) is 11.9. The second-order valence-corrected chi connectivity index (χ2v) is 17.9. The molecule has 1 atom stereocenters. The van der Waals surface area contributed by atoms with Crippen LogP contribution in [0.15, 0.2) is 47.3 Å². The van der Waals surface area contributed by atoms with E-state index < -0.39 is 61.9 Å². The van der Waals surface area contributed by atoms with Gasteiger partial charge in [0.05, 0.1) is 30.3 Å². The van der Waals surface area contributed by atoms with Crippen LogP contribution >= 0.6 is 0 Å². The number of fused-ring (bicyclic) bond motifs is 1. The third-order valence-electron chi connectivity index (χ3n) is 7.44. The number of carbonyl (C=O) groups is 2. The molecule has 246 valence electrons. The van der Waals surface area contributed by atoms with Crippen molar-refractivity contribution in [2.75, 3.05) is 6.54 Å². The quantitative estimate of drug-likeness (QED) is 0.204. The lowest BCUT2D eigenvalue weighted by atomic mass is 10.0. The number of hydrogen-bond acceptors (Lipinski definition) is 7. The molecule has 0 fully saturated rings. The molecule has 10 nitrogen and oxygen atoms in total. The van der Waals surface area contributed by atoms with Crippen molar-refractivity contribution in [3.8, 4) is 11.5 Å². The molecule has 45 heavy (non-hydrogen) atoms. The van der Waals surface area contributed by atoms with Gasteiger partial charge < -0.3 is 34.0 Å². The summed E-state index contributed by atoms with van der Waals surface area (Å²) in [7, 11) is -2.62. The van der Waals surface area contributed by atoms with E-state index in [0.29, 0.717) is 10.9 Å². The summed E-state index contributed by atoms with van der Waals surface area (Å²) in [5, 5.41) is 20.0. The first-order valence-electron chi connectivity index (χ1n) is 14.1. The molecule has 0 saturated carbocycles. The number of alkyl halides is 3. The van der Waals surface area contributed by atoms with Crippen molar-refractivity contribution < 1.29 is 46.9 Å². The van der Waals surface area contributed by atoms with E-state index in [-0.39, 0.29) is 28.4 Å². The van der Waals surface area contributed by atoms with Gasteiger partial charge in [-0.25, -0.2) is 9.59 Å². The molecule has 0 saturated heterocycles. The number of ether oxygens (including phenoxy) is 2. The van der Waals surface area contributed by atoms with Crippen molar-refractivity contribution in [2.24, 2.45) is 0 Å². The van der Waals surface area contributed by atoms with Gasteiger partial charge in [0.2, 0.25) is 5.56 Å². The number of carboxylic acid groups (broad SMARTS) is 1. The molecule has 14 heteroatoms. The Balaban J connectivity index is 2.21. The largest absolute Gasteiger partial charge is 0.573 e. The average molecular weight is 653 g/mol. The van der Waals surface area contributed by atoms with Crippen molar-refractivity contribution in [3.05, 3.63) is 69.5 Å². The Labute approximate surface area is 259 Å². The number of aromatic nitrogens is 1. The molecule has 0 aliphatic carbocycles. The lowest BCUT2D eigenvalue weighted by Crippen LogP contribution is -2.45. The van der Waals surface area contributed by atoms with Crippen LogP contribution in [-0.4, -0.2) is 59.0 Å². The molecule has 2 aromatic carbocycles. The number of benzene rings is 2. The highest BCUT2D eigenvalue weighted by Crippen LogP contribution is 2.42. The van der Waals surface area contributed by atoms with Gasteiger partial charge in [-0.2, -0.15) is 0 Å². The van der Waals surface area contributed by atoms with Gasteiger partial charge in [-0.05, 0) is 68.7 Å². The molecule has 1 heterocycles. The fraction of sp³-hybridized carbons (Fsp3) is 0.452. The Morgan fingerprint density at radius 1 is 1.00 bits per heavy atom. The number of pyridine rings is 1. The fourth-order valence-electron chi connectivity index (χ4n) is 4.25. The normalized spacial score (nSPS) is 13.4. The van der Waals surface area contributed by atoms with Crippen LogP contribution in [0.5, 0.6) is 11.5 Å². The van der Waals surface area contributed by atoms with E-state index in [1.54, 1.807) is 26.8 Å². The summed E-state index contributed by atoms with van der Waals surface area (Å²) in [5.74, 6) is -2.43. The standard InChI is InChI=1S/C31H39F3N2O8Si/c1-29(2,3)43-28(41)36(16-19-10-9-18(27(39)40)15-23(19)42-31(32,33)34)17-24(44-45(7,8)30(4,5)6)20-11-13-22(37)26-21(20)12-14-25(38)35-26/h9-15,24,37H,16-17H2,1-8H3,(H,35,38)(H,39,40)/t24-/m0/s1. The highest BCUT2D eigenvalue weighted by molar-refractivity contribution is 6.74. The summed E-state index contributed by atoms with van der Waals surface area (Å²) < 4.78 is 56.7. The van der Waals surface area contributed by atoms with Gasteiger partial charge in [-0.3, -0.25) is 4.79 Å². The molecule has 3 rings (SSSR count). The number of phenols is 1. The van der Waals surface area contributed by atoms with E-state index in [0.717, 1.165) is 23.1 Å². The highest BCUT2D eigenvalue weighted by atomic mass is 28.4. The Hall–Kier alpha value is -4.04. The van der Waals surface area contributed by atoms with Gasteiger partial charge in [-0.1, -0.05) is 32.9 Å². The van der Waals surface area contributed by atoms with Gasteiger partial charge in [0, 0.05) is 17.0 Å². The molecule has 1 aromatic heterocycles. The minimum atomic E-state index is -5.14. The predicted octanol–water partition coefficient (Wildman–Crippen LogP) is 7.33. The minimum absolute atomic E-state index is 0.130. The van der Waals surface area contributed by atoms with Crippen molar-refractivity contribution in [1.82, 2.24) is 9.88 Å². The number of aromatic amines is 1. The van der Waals surface area contributed by atoms with E-state index in [1.807, 2.05) is 33.9 Å². The monoisotopic (exact) mass is 652 g/mol. The molecule has 1 amide bonds. The zero-order valence-electron chi connectivity index (χ0n) is 26.5. The van der Waals surface area contributed by atoms with Crippen LogP contribution in [-0.2, 0) is 15.7 Å². The van der Waals surface area contributed by atoms with Gasteiger partial charge in [0.25, 0.3) is 0 Å². The maximum absolute atomic E-state index is 13.6. The van der Waals surface area contributed by atoms with Crippen LogP contribution in [0.25, 0.3) is 10.9 Å². The fourth-order valence-corrected chi connectivity index (χ4v) is 5.51. The first-order chi connectivity index (χ1) is 20.5. The van der Waals surface area contributed by atoms with Crippen LogP contribution in [0.1, 0.15) is 69.1 Å². The molecule has 3 N–H and O–H groups in total. The number of nitrogens with one attached hydrogen (secondary N) is 1. The second-order valence-electron chi connectivity index (χ2n) is 13.2. The Morgan fingerprint density at radius 3 is 2.20 bits per heavy atom. The van der Waals surface area contributed by atoms with Crippen molar-refractivity contribution in [2.45, 2.75) is 84.3 Å². The summed E-state index contributed by atoms with van der Waals surface area (Å²) in [6.07, 6.45) is -6.92. The molecular weight excluding hydrogens is 613 g/mol. The zero-order valence-corrected chi connectivity index (χ0v) is 27.5. The van der Waals surface area contributed by atoms with Gasteiger partial charge in [0.15, 0.2) is 8.32 Å². The number of aromatic carboxylic acids is 1. The van der Waals surface area contributed by atoms with Crippen LogP contribution in [0, 0.1) is 0 Å². The first-order valence-corrected chi connectivity index (χ1v) is 17.0. The molecule has 0 aliphatic heterocycles. The number of phenolic OH excluding ortho intramolecular Hbond substituents is 1. The summed E-state index contributed by atoms with van der Waals surface area (Å²) in [6, 6.07) is 8.78. The number of rotatable bonds is 9. The van der Waals surface area contributed by atoms with Gasteiger partial charge >= 0.3 is 18.4 Å². The zero-order chi connectivity index (χ0) is 34.1. The molecular formula is C31H39F3N2O8Si. The Kier molecular flexibility index (Phi) is 10.0. The minimum Gasteiger partial charge on any atom is -0.506 e. The lowest BCUT2D eigenvalue weighted by molar-refractivity contribution is -0.275. The Morgan fingerprint density at radius 2 is 1.64 bits per heavy atom. The molecule has 0 unspecified atom stereocenters. The molecule has 0 aliphatic rings. The maximum Gasteiger partial charge on any atom is 0.573 e. The average Bonchev–Trinajstić information content (AvgIpc) is 2.86. The van der Waals surface area contributed by atoms with Gasteiger partial charge in [-0.15, -0.1) is 13.2 Å². The van der Waals surface area contributed by atoms with Gasteiger partial charge in [0.1, 0.15) is 17.1 Å². The molecule has 0 spiro atoms. The number of carbonyl (C=O) groups excluding carboxylic acids is 1. The van der Waals surface area contributed by atoms with Crippen molar-refractivity contribution >= 4 is 31.3 Å². The number of hydrogen-bond donors (Lipinski definition) is 3. The summed E-state index contributed by atoms with van der Waals surface area (Å²) in [6.45, 7) is 14.2. The van der Waals surface area contributed by atoms with E-state index in [4.69, 9.17) is 9.16 Å². The van der Waals surface area contributed by atoms with Crippen LogP contribution in [0.3, 0.4) is 0 Å². The van der Waals surface area contributed by atoms with Crippen LogP contribution in [0.4, 0.5) is 18.0 Å². The smallest absolute Gasteiger partial charge is 0.506 e. The SMILES string of the molecule is CC(C)(C)OC(=O)N(Cc1ccc(C(=O)O)cc1OC(F)(F)F)C[C@H](O[Si](C)(C)C(C)(C)C)c1ccc(O)c2[nH]c(=O)ccc12. The summed E-state index contributed by atoms with van der Waals surface area (Å²) >= 11 is 0. The number of halogens is 3. The third kappa shape index (κ3) is 9.23. The summed E-state index contributed by atoms with van der Waals surface area (Å²) in [4.78, 5) is 41.0. The van der Waals surface area contributed by atoms with Crippen LogP contribution in [0.2, 0.25) is 18.1 Å². The second kappa shape index (κ2) is 12.8. The molecule has 0 radical (unpaired) electrons. The molecule has 3 aromatic rings. The predicted molar refractivity (Wildman–Crippen MR) is 164 cm³/mol. The van der Waals surface area contributed by atoms with E-state index in [9.17, 15) is 37.8 Å². The lowest BCUT2D eigenvalue weighted by Gasteiger charge is -2.41. The first kappa shape index (κ1) is 35.4. The van der Waals surface area contributed by atoms with E-state index >= 15 is 0 Å². The molecule has 0 bridgehead atoms. The highest BCUT2D eigenvalue weighted by Gasteiger charge is 2.41.